The van der Waals surface area contributed by atoms with Crippen LogP contribution in [0.3, 0.4) is 0 Å². The minimum absolute atomic E-state index is 0.215. The Hall–Kier alpha value is -1.96. The average molecular weight is 230 g/mol. The summed E-state index contributed by atoms with van der Waals surface area (Å²) in [7, 11) is 0. The Bertz CT molecular complexity index is 377. The van der Waals surface area contributed by atoms with E-state index in [9.17, 15) is 5.11 Å². The number of para-hydroxylation sites is 1. The van der Waals surface area contributed by atoms with Gasteiger partial charge in [-0.15, -0.1) is 0 Å². The van der Waals surface area contributed by atoms with Crippen molar-refractivity contribution in [1.29, 1.82) is 0 Å². The van der Waals surface area contributed by atoms with Gasteiger partial charge in [0, 0.05) is 0 Å². The van der Waals surface area contributed by atoms with Gasteiger partial charge < -0.3 is 9.84 Å². The number of aromatic hydroxyl groups is 1. The average Bonchev–Trinajstić information content (AvgIpc) is 2.37. The molecule has 0 aliphatic carbocycles. The molecule has 2 rings (SSSR count). The monoisotopic (exact) mass is 230 g/mol. The summed E-state index contributed by atoms with van der Waals surface area (Å²) in [6.07, 6.45) is 0. The Morgan fingerprint density at radius 1 is 0.941 bits per heavy atom. The van der Waals surface area contributed by atoms with Crippen LogP contribution in [0.5, 0.6) is 11.5 Å². The van der Waals surface area contributed by atoms with Gasteiger partial charge in [-0.25, -0.2) is 0 Å². The zero-order valence-electron chi connectivity index (χ0n) is 10.3. The first kappa shape index (κ1) is 13.1. The molecular formula is C15H18O2. The third kappa shape index (κ3) is 4.60. The number of ether oxygens (including phenoxy) is 1. The number of hydrogen-bond donors (Lipinski definition) is 1. The summed E-state index contributed by atoms with van der Waals surface area (Å²) in [6.45, 7) is 4.38. The predicted octanol–water partition coefficient (Wildman–Crippen LogP) is 3.79. The van der Waals surface area contributed by atoms with E-state index in [1.807, 2.05) is 56.3 Å². The molecule has 0 radical (unpaired) electrons. The molecule has 0 spiro atoms. The Kier molecular flexibility index (Phi) is 5.66. The van der Waals surface area contributed by atoms with Crippen molar-refractivity contribution in [3.05, 3.63) is 60.2 Å². The lowest BCUT2D eigenvalue weighted by Gasteiger charge is -2.07. The molecule has 2 nitrogen and oxygen atoms in total. The molecule has 0 saturated carbocycles. The van der Waals surface area contributed by atoms with E-state index in [0.717, 1.165) is 5.56 Å². The van der Waals surface area contributed by atoms with E-state index in [1.54, 1.807) is 12.1 Å². The maximum Gasteiger partial charge on any atom is 0.163 e. The molecule has 17 heavy (non-hydrogen) atoms. The molecule has 1 N–H and O–H groups in total. The van der Waals surface area contributed by atoms with Gasteiger partial charge in [0.05, 0.1) is 6.61 Å². The highest BCUT2D eigenvalue weighted by Crippen LogP contribution is 2.28. The SMILES string of the molecule is CCOc1c(C)cccc1O.c1ccccc1. The molecule has 0 heterocycles. The molecule has 0 saturated heterocycles. The van der Waals surface area contributed by atoms with E-state index < -0.39 is 0 Å². The third-order valence-electron chi connectivity index (χ3n) is 2.15. The predicted molar refractivity (Wildman–Crippen MR) is 70.5 cm³/mol. The van der Waals surface area contributed by atoms with Crippen LogP contribution in [0, 0.1) is 6.92 Å². The minimum Gasteiger partial charge on any atom is -0.504 e. The minimum atomic E-state index is 0.215. The number of hydrogen-bond acceptors (Lipinski definition) is 2. The fourth-order valence-corrected chi connectivity index (χ4v) is 1.35. The van der Waals surface area contributed by atoms with Crippen LogP contribution in [0.25, 0.3) is 0 Å². The summed E-state index contributed by atoms with van der Waals surface area (Å²) in [6, 6.07) is 17.3. The highest BCUT2D eigenvalue weighted by atomic mass is 16.5. The summed E-state index contributed by atoms with van der Waals surface area (Å²) in [4.78, 5) is 0. The van der Waals surface area contributed by atoms with Gasteiger partial charge in [-0.05, 0) is 25.5 Å². The van der Waals surface area contributed by atoms with Crippen LogP contribution in [0.15, 0.2) is 54.6 Å². The molecular weight excluding hydrogens is 212 g/mol. The largest absolute Gasteiger partial charge is 0.504 e. The summed E-state index contributed by atoms with van der Waals surface area (Å²) in [5.74, 6) is 0.807. The summed E-state index contributed by atoms with van der Waals surface area (Å²) in [5, 5.41) is 9.30. The molecule has 0 bridgehead atoms. The van der Waals surface area contributed by atoms with Gasteiger partial charge in [0.15, 0.2) is 11.5 Å². The fourth-order valence-electron chi connectivity index (χ4n) is 1.35. The van der Waals surface area contributed by atoms with Crippen LogP contribution in [-0.2, 0) is 0 Å². The highest BCUT2D eigenvalue weighted by molar-refractivity contribution is 5.44. The molecule has 0 amide bonds. The van der Waals surface area contributed by atoms with Crippen LogP contribution in [-0.4, -0.2) is 11.7 Å². The number of phenols is 1. The van der Waals surface area contributed by atoms with Crippen molar-refractivity contribution in [2.45, 2.75) is 13.8 Å². The van der Waals surface area contributed by atoms with Crippen molar-refractivity contribution in [3.8, 4) is 11.5 Å². The Morgan fingerprint density at radius 3 is 1.88 bits per heavy atom. The zero-order valence-corrected chi connectivity index (χ0v) is 10.3. The fraction of sp³-hybridized carbons (Fsp3) is 0.200. The molecule has 0 aliphatic heterocycles. The number of phenolic OH excluding ortho intramolecular Hbond substituents is 1. The molecule has 90 valence electrons. The normalized spacial score (nSPS) is 9.06. The zero-order chi connectivity index (χ0) is 12.5. The molecule has 0 aromatic heterocycles. The molecule has 2 aromatic carbocycles. The maximum atomic E-state index is 9.30. The number of rotatable bonds is 2. The van der Waals surface area contributed by atoms with Crippen molar-refractivity contribution in [2.24, 2.45) is 0 Å². The van der Waals surface area contributed by atoms with Crippen LogP contribution in [0.4, 0.5) is 0 Å². The number of aryl methyl sites for hydroxylation is 1. The van der Waals surface area contributed by atoms with Gasteiger partial charge in [-0.2, -0.15) is 0 Å². The van der Waals surface area contributed by atoms with Gasteiger partial charge in [0.2, 0.25) is 0 Å². The van der Waals surface area contributed by atoms with E-state index in [1.165, 1.54) is 0 Å². The van der Waals surface area contributed by atoms with Gasteiger partial charge >= 0.3 is 0 Å². The number of benzene rings is 2. The summed E-state index contributed by atoms with van der Waals surface area (Å²) >= 11 is 0. The Labute approximate surface area is 102 Å². The lowest BCUT2D eigenvalue weighted by atomic mass is 10.2. The van der Waals surface area contributed by atoms with Crippen molar-refractivity contribution in [1.82, 2.24) is 0 Å². The Balaban J connectivity index is 0.000000202. The smallest absolute Gasteiger partial charge is 0.163 e. The first-order valence-corrected chi connectivity index (χ1v) is 5.67. The van der Waals surface area contributed by atoms with E-state index in [-0.39, 0.29) is 5.75 Å². The lowest BCUT2D eigenvalue weighted by Crippen LogP contribution is -1.93. The van der Waals surface area contributed by atoms with E-state index in [2.05, 4.69) is 0 Å². The van der Waals surface area contributed by atoms with E-state index in [0.29, 0.717) is 12.4 Å². The summed E-state index contributed by atoms with van der Waals surface area (Å²) < 4.78 is 5.22. The van der Waals surface area contributed by atoms with Crippen LogP contribution in [0.1, 0.15) is 12.5 Å². The maximum absolute atomic E-state index is 9.30. The molecule has 0 atom stereocenters. The van der Waals surface area contributed by atoms with Crippen LogP contribution >= 0.6 is 0 Å². The molecule has 2 heteroatoms. The third-order valence-corrected chi connectivity index (χ3v) is 2.15. The van der Waals surface area contributed by atoms with Gasteiger partial charge in [-0.1, -0.05) is 48.5 Å². The van der Waals surface area contributed by atoms with Gasteiger partial charge in [0.1, 0.15) is 0 Å². The van der Waals surface area contributed by atoms with Gasteiger partial charge in [-0.3, -0.25) is 0 Å². The molecule has 0 aliphatic rings. The molecule has 0 unspecified atom stereocenters. The second kappa shape index (κ2) is 7.34. The molecule has 0 fully saturated rings. The topological polar surface area (TPSA) is 29.5 Å². The highest BCUT2D eigenvalue weighted by Gasteiger charge is 2.02. The van der Waals surface area contributed by atoms with Crippen LogP contribution < -0.4 is 4.74 Å². The van der Waals surface area contributed by atoms with Gasteiger partial charge in [0.25, 0.3) is 0 Å². The first-order valence-electron chi connectivity index (χ1n) is 5.67. The van der Waals surface area contributed by atoms with E-state index in [4.69, 9.17) is 4.74 Å². The van der Waals surface area contributed by atoms with Crippen molar-refractivity contribution in [3.63, 3.8) is 0 Å². The lowest BCUT2D eigenvalue weighted by molar-refractivity contribution is 0.316. The standard InChI is InChI=1S/C9H12O2.C6H6/c1-3-11-9-7(2)5-4-6-8(9)10;1-2-4-6-5-3-1/h4-6,10H,3H2,1-2H3;1-6H. The second-order valence-electron chi connectivity index (χ2n) is 3.51. The van der Waals surface area contributed by atoms with Crippen molar-refractivity contribution < 1.29 is 9.84 Å². The van der Waals surface area contributed by atoms with Crippen molar-refractivity contribution >= 4 is 0 Å². The molecule has 2 aromatic rings. The Morgan fingerprint density at radius 2 is 1.47 bits per heavy atom. The van der Waals surface area contributed by atoms with Crippen molar-refractivity contribution in [2.75, 3.05) is 6.61 Å². The summed E-state index contributed by atoms with van der Waals surface area (Å²) in [5.41, 5.74) is 0.965. The first-order chi connectivity index (χ1) is 8.25. The van der Waals surface area contributed by atoms with E-state index >= 15 is 0 Å². The quantitative estimate of drug-likeness (QED) is 0.850. The van der Waals surface area contributed by atoms with Crippen LogP contribution in [0.2, 0.25) is 0 Å². The second-order valence-corrected chi connectivity index (χ2v) is 3.51.